The molecular formula is C23H25N3O4S. The van der Waals surface area contributed by atoms with E-state index in [0.29, 0.717) is 19.1 Å². The standard InChI is InChI=1S/C23H25N3O4S/c1-4-30-22(28)19-20(15-9-11-16(31-3)12-10-15)26-18-8-6-5-7-17(18)24-23(26)25(21(19)27)13-14-29-2/h5-12,19-20H,4,13-14H2,1-3H3/t19-,20-/m0/s1. The summed E-state index contributed by atoms with van der Waals surface area (Å²) < 4.78 is 12.6. The predicted molar refractivity (Wildman–Crippen MR) is 120 cm³/mol. The molecule has 31 heavy (non-hydrogen) atoms. The Balaban J connectivity index is 1.95. The molecule has 3 aromatic rings. The van der Waals surface area contributed by atoms with Crippen molar-refractivity contribution in [3.8, 4) is 0 Å². The number of hydrogen-bond acceptors (Lipinski definition) is 6. The van der Waals surface area contributed by atoms with Crippen molar-refractivity contribution >= 4 is 40.6 Å². The Labute approximate surface area is 185 Å². The van der Waals surface area contributed by atoms with Gasteiger partial charge in [0.1, 0.15) is 0 Å². The van der Waals surface area contributed by atoms with Crippen molar-refractivity contribution in [3.63, 3.8) is 0 Å². The van der Waals surface area contributed by atoms with Gasteiger partial charge in [-0.25, -0.2) is 4.98 Å². The van der Waals surface area contributed by atoms with Crippen LogP contribution in [-0.4, -0.2) is 54.6 Å². The van der Waals surface area contributed by atoms with Crippen LogP contribution in [0.3, 0.4) is 0 Å². The summed E-state index contributed by atoms with van der Waals surface area (Å²) in [6.07, 6.45) is 2.01. The summed E-state index contributed by atoms with van der Waals surface area (Å²) in [5.41, 5.74) is 2.49. The second kappa shape index (κ2) is 9.11. The molecule has 2 atom stereocenters. The molecule has 0 saturated heterocycles. The van der Waals surface area contributed by atoms with Gasteiger partial charge in [0.25, 0.3) is 0 Å². The van der Waals surface area contributed by atoms with Gasteiger partial charge in [-0.3, -0.25) is 14.5 Å². The minimum Gasteiger partial charge on any atom is -0.465 e. The van der Waals surface area contributed by atoms with Gasteiger partial charge in [-0.1, -0.05) is 24.3 Å². The zero-order valence-electron chi connectivity index (χ0n) is 17.8. The van der Waals surface area contributed by atoms with Crippen molar-refractivity contribution in [2.24, 2.45) is 5.92 Å². The van der Waals surface area contributed by atoms with E-state index in [4.69, 9.17) is 14.5 Å². The second-order valence-electron chi connectivity index (χ2n) is 7.20. The normalized spacial score (nSPS) is 18.3. The minimum absolute atomic E-state index is 0.205. The highest BCUT2D eigenvalue weighted by Crippen LogP contribution is 2.41. The molecule has 0 N–H and O–H groups in total. The Morgan fingerprint density at radius 1 is 1.16 bits per heavy atom. The van der Waals surface area contributed by atoms with Crippen LogP contribution >= 0.6 is 11.8 Å². The molecule has 0 bridgehead atoms. The Kier molecular flexibility index (Phi) is 6.29. The van der Waals surface area contributed by atoms with Crippen LogP contribution in [0.4, 0.5) is 5.95 Å². The fraction of sp³-hybridized carbons (Fsp3) is 0.348. The van der Waals surface area contributed by atoms with Crippen LogP contribution in [0, 0.1) is 5.92 Å². The summed E-state index contributed by atoms with van der Waals surface area (Å²) in [6.45, 7) is 2.58. The van der Waals surface area contributed by atoms with Gasteiger partial charge in [-0.15, -0.1) is 11.8 Å². The molecule has 2 aromatic carbocycles. The van der Waals surface area contributed by atoms with Crippen molar-refractivity contribution in [1.82, 2.24) is 9.55 Å². The quantitative estimate of drug-likeness (QED) is 0.319. The number of anilines is 1. The van der Waals surface area contributed by atoms with Crippen LogP contribution in [0.5, 0.6) is 0 Å². The van der Waals surface area contributed by atoms with E-state index >= 15 is 0 Å². The van der Waals surface area contributed by atoms with Crippen LogP contribution in [0.2, 0.25) is 0 Å². The maximum absolute atomic E-state index is 13.6. The Morgan fingerprint density at radius 2 is 1.90 bits per heavy atom. The number of benzene rings is 2. The summed E-state index contributed by atoms with van der Waals surface area (Å²) in [5.74, 6) is -1.35. The summed E-state index contributed by atoms with van der Waals surface area (Å²) in [7, 11) is 1.58. The number of rotatable bonds is 7. The number of nitrogens with zero attached hydrogens (tertiary/aromatic N) is 3. The third-order valence-corrected chi connectivity index (χ3v) is 6.21. The highest BCUT2D eigenvalue weighted by molar-refractivity contribution is 7.98. The van der Waals surface area contributed by atoms with E-state index in [0.717, 1.165) is 21.5 Å². The number of thioether (sulfide) groups is 1. The Bertz CT molecular complexity index is 1100. The van der Waals surface area contributed by atoms with E-state index in [9.17, 15) is 9.59 Å². The molecule has 7 nitrogen and oxygen atoms in total. The third-order valence-electron chi connectivity index (χ3n) is 5.46. The zero-order chi connectivity index (χ0) is 22.0. The lowest BCUT2D eigenvalue weighted by Crippen LogP contribution is -2.51. The maximum Gasteiger partial charge on any atom is 0.321 e. The fourth-order valence-corrected chi connectivity index (χ4v) is 4.45. The molecule has 0 aliphatic carbocycles. The lowest BCUT2D eigenvalue weighted by Gasteiger charge is -2.37. The number of imidazole rings is 1. The summed E-state index contributed by atoms with van der Waals surface area (Å²) in [5, 5.41) is 0. The lowest BCUT2D eigenvalue weighted by atomic mass is 9.89. The monoisotopic (exact) mass is 439 g/mol. The number of hydrogen-bond donors (Lipinski definition) is 0. The smallest absolute Gasteiger partial charge is 0.321 e. The molecule has 1 aliphatic rings. The molecule has 0 unspecified atom stereocenters. The van der Waals surface area contributed by atoms with Gasteiger partial charge in [0.2, 0.25) is 11.9 Å². The molecular weight excluding hydrogens is 414 g/mol. The van der Waals surface area contributed by atoms with E-state index < -0.39 is 17.9 Å². The Morgan fingerprint density at radius 3 is 2.58 bits per heavy atom. The highest BCUT2D eigenvalue weighted by Gasteiger charge is 2.47. The van der Waals surface area contributed by atoms with Crippen LogP contribution in [0.15, 0.2) is 53.4 Å². The predicted octanol–water partition coefficient (Wildman–Crippen LogP) is 3.52. The van der Waals surface area contributed by atoms with Crippen molar-refractivity contribution in [1.29, 1.82) is 0 Å². The number of aromatic nitrogens is 2. The highest BCUT2D eigenvalue weighted by atomic mass is 32.2. The van der Waals surface area contributed by atoms with Gasteiger partial charge in [-0.2, -0.15) is 0 Å². The number of carbonyl (C=O) groups excluding carboxylic acids is 2. The molecule has 1 amide bonds. The first-order valence-electron chi connectivity index (χ1n) is 10.2. The first kappa shape index (κ1) is 21.4. The number of ether oxygens (including phenoxy) is 2. The molecule has 1 aliphatic heterocycles. The molecule has 4 rings (SSSR count). The van der Waals surface area contributed by atoms with E-state index in [1.54, 1.807) is 25.8 Å². The number of amides is 1. The van der Waals surface area contributed by atoms with Gasteiger partial charge in [0.05, 0.1) is 36.8 Å². The molecule has 0 fully saturated rings. The van der Waals surface area contributed by atoms with E-state index in [1.165, 1.54) is 4.90 Å². The minimum atomic E-state index is -1.01. The van der Waals surface area contributed by atoms with Crippen LogP contribution in [-0.2, 0) is 19.1 Å². The maximum atomic E-state index is 13.6. The van der Waals surface area contributed by atoms with E-state index in [-0.39, 0.29) is 12.5 Å². The van der Waals surface area contributed by atoms with Gasteiger partial charge in [0.15, 0.2) is 5.92 Å². The van der Waals surface area contributed by atoms with Crippen molar-refractivity contribution in [2.75, 3.05) is 38.0 Å². The van der Waals surface area contributed by atoms with Gasteiger partial charge >= 0.3 is 5.97 Å². The molecule has 0 spiro atoms. The van der Waals surface area contributed by atoms with Crippen molar-refractivity contribution in [3.05, 3.63) is 54.1 Å². The first-order valence-corrected chi connectivity index (χ1v) is 11.4. The molecule has 1 aromatic heterocycles. The number of methoxy groups -OCH3 is 1. The molecule has 2 heterocycles. The molecule has 162 valence electrons. The van der Waals surface area contributed by atoms with E-state index in [1.807, 2.05) is 59.4 Å². The topological polar surface area (TPSA) is 73.7 Å². The van der Waals surface area contributed by atoms with Gasteiger partial charge < -0.3 is 14.0 Å². The molecule has 0 saturated carbocycles. The van der Waals surface area contributed by atoms with Crippen molar-refractivity contribution < 1.29 is 19.1 Å². The average molecular weight is 440 g/mol. The largest absolute Gasteiger partial charge is 0.465 e. The zero-order valence-corrected chi connectivity index (χ0v) is 18.6. The van der Waals surface area contributed by atoms with Crippen molar-refractivity contribution in [2.45, 2.75) is 17.9 Å². The number of esters is 1. The van der Waals surface area contributed by atoms with Crippen LogP contribution in [0.1, 0.15) is 18.5 Å². The third kappa shape index (κ3) is 3.81. The number of carbonyl (C=O) groups is 2. The average Bonchev–Trinajstić information content (AvgIpc) is 3.17. The molecule has 8 heteroatoms. The van der Waals surface area contributed by atoms with Crippen LogP contribution < -0.4 is 4.90 Å². The molecule has 0 radical (unpaired) electrons. The fourth-order valence-electron chi connectivity index (χ4n) is 4.04. The van der Waals surface area contributed by atoms with Gasteiger partial charge in [0, 0.05) is 12.0 Å². The summed E-state index contributed by atoms with van der Waals surface area (Å²) in [6, 6.07) is 15.1. The lowest BCUT2D eigenvalue weighted by molar-refractivity contribution is -0.153. The summed E-state index contributed by atoms with van der Waals surface area (Å²) in [4.78, 5) is 34.1. The SMILES string of the molecule is CCOC(=O)[C@@H]1C(=O)N(CCOC)c2nc3ccccc3n2[C@H]1c1ccc(SC)cc1. The first-order chi connectivity index (χ1) is 15.1. The Hall–Kier alpha value is -2.84. The second-order valence-corrected chi connectivity index (χ2v) is 8.08. The summed E-state index contributed by atoms with van der Waals surface area (Å²) >= 11 is 1.64. The number of para-hydroxylation sites is 2. The van der Waals surface area contributed by atoms with Gasteiger partial charge in [-0.05, 0) is 43.0 Å². The van der Waals surface area contributed by atoms with Crippen LogP contribution in [0.25, 0.3) is 11.0 Å². The number of fused-ring (bicyclic) bond motifs is 3. The van der Waals surface area contributed by atoms with E-state index in [2.05, 4.69) is 0 Å².